The van der Waals surface area contributed by atoms with E-state index in [1.165, 1.54) is 0 Å². The Balaban J connectivity index is -0.00000000500. The van der Waals surface area contributed by atoms with Crippen molar-refractivity contribution < 1.29 is 57.5 Å². The molecular weight excluding hydrogens is 382 g/mol. The maximum atomic E-state index is 7.81. The summed E-state index contributed by atoms with van der Waals surface area (Å²) >= 11 is 2.94. The molecule has 0 aromatic carbocycles. The van der Waals surface area contributed by atoms with Gasteiger partial charge in [0.1, 0.15) is 0 Å². The van der Waals surface area contributed by atoms with Gasteiger partial charge in [0.25, 0.3) is 0 Å². The average molecular weight is 384 g/mol. The first kappa shape index (κ1) is 15.7. The van der Waals surface area contributed by atoms with Gasteiger partial charge in [-0.25, -0.2) is 0 Å². The van der Waals surface area contributed by atoms with Gasteiger partial charge in [0.2, 0.25) is 0 Å². The van der Waals surface area contributed by atoms with Crippen molar-refractivity contribution in [3.63, 3.8) is 0 Å². The van der Waals surface area contributed by atoms with Gasteiger partial charge in [0, 0.05) is 37.7 Å². The average Bonchev–Trinajstić information content (AvgIpc) is 1.00. The van der Waals surface area contributed by atoms with Gasteiger partial charge in [-0.15, -0.1) is 0 Å². The van der Waals surface area contributed by atoms with Gasteiger partial charge < -0.3 is 0 Å². The Labute approximate surface area is 103 Å². The summed E-state index contributed by atoms with van der Waals surface area (Å²) in [5.74, 6) is 0. The van der Waals surface area contributed by atoms with E-state index in [9.17, 15) is 0 Å². The summed E-state index contributed by atoms with van der Waals surface area (Å²) in [7, 11) is 0. The summed E-state index contributed by atoms with van der Waals surface area (Å²) in [4.78, 5) is 0. The van der Waals surface area contributed by atoms with Gasteiger partial charge in [0.15, 0.2) is 0 Å². The first-order chi connectivity index (χ1) is 1.00. The van der Waals surface area contributed by atoms with E-state index in [2.05, 4.69) is 15.9 Å². The topological polar surface area (TPSA) is 17.1 Å². The van der Waals surface area contributed by atoms with Crippen LogP contribution in [0.5, 0.6) is 0 Å². The number of rotatable bonds is 0. The zero-order valence-electron chi connectivity index (χ0n) is 1.01. The van der Waals surface area contributed by atoms with E-state index in [1.807, 2.05) is 0 Å². The molecule has 0 spiro atoms. The predicted molar refractivity (Wildman–Crippen MR) is 9.23 cm³/mol. The molecule has 0 rings (SSSR count). The fourth-order valence-corrected chi connectivity index (χ4v) is 0. The van der Waals surface area contributed by atoms with Crippen molar-refractivity contribution >= 4 is 48.9 Å². The van der Waals surface area contributed by atoms with Crippen LogP contribution in [0.2, 0.25) is 0 Å². The Morgan fingerprint density at radius 2 is 1.25 bits per heavy atom. The van der Waals surface area contributed by atoms with Gasteiger partial charge in [0.05, 0.1) is 0 Å². The van der Waals surface area contributed by atoms with E-state index < -0.39 is 0 Å². The third-order valence-corrected chi connectivity index (χ3v) is 0. The molecule has 0 atom stereocenters. The molecule has 0 saturated carbocycles. The first-order valence-corrected chi connectivity index (χ1v) is 0.508. The van der Waals surface area contributed by atoms with Crippen LogP contribution in [-0.2, 0) is 19.8 Å². The monoisotopic (exact) mass is 384 g/mol. The van der Waals surface area contributed by atoms with Gasteiger partial charge in [-0.3, -0.25) is 0 Å². The van der Waals surface area contributed by atoms with E-state index in [0.29, 0.717) is 0 Å². The molecule has 0 aromatic rings. The van der Waals surface area contributed by atoms with Crippen LogP contribution in [0.1, 0.15) is 0 Å². The predicted octanol–water partition coefficient (Wildman–Crippen LogP) is -1.04. The first-order valence-electron chi connectivity index (χ1n) is 0.123. The Morgan fingerprint density at radius 1 is 1.25 bits per heavy atom. The van der Waals surface area contributed by atoms with E-state index in [1.54, 1.807) is 0 Å². The Bertz CT molecular complexity index is 8.00. The number of hydrogen-bond donors (Lipinski definition) is 0. The molecule has 1 nitrogen and oxygen atoms in total. The van der Waals surface area contributed by atoms with E-state index in [4.69, 9.17) is 3.83 Å². The zero-order valence-corrected chi connectivity index (χ0v) is 3.89. The van der Waals surface area contributed by atoms with Crippen LogP contribution >= 0.6 is 0 Å². The minimum atomic E-state index is 0. The molecule has 0 amide bonds. The van der Waals surface area contributed by atoms with Crippen molar-refractivity contribution in [1.29, 1.82) is 0 Å². The molecule has 0 aliphatic rings. The normalized spacial score (nSPS) is 1.50. The van der Waals surface area contributed by atoms with Crippen molar-refractivity contribution in [2.75, 3.05) is 0 Å². The standard InChI is InChI=1S/Ba.Cu.Ho.O.2H. The summed E-state index contributed by atoms with van der Waals surface area (Å²) in [6, 6.07) is 0. The molecule has 0 aliphatic heterocycles. The molecule has 32 valence electrons. The molecule has 0 aliphatic carbocycles. The minimum absolute atomic E-state index is 0. The second-order valence-corrected chi connectivity index (χ2v) is 0. The molecule has 0 bridgehead atoms. The van der Waals surface area contributed by atoms with Gasteiger partial charge in [-0.05, 0) is 0 Å². The molecule has 4 heteroatoms. The van der Waals surface area contributed by atoms with E-state index >= 15 is 0 Å². The maximum absolute atomic E-state index is 7.81. The molecule has 0 aromatic heterocycles. The summed E-state index contributed by atoms with van der Waals surface area (Å²) < 4.78 is 7.81. The van der Waals surface area contributed by atoms with E-state index in [-0.39, 0.29) is 86.6 Å². The van der Waals surface area contributed by atoms with Gasteiger partial charge in [-0.1, -0.05) is 0 Å². The van der Waals surface area contributed by atoms with Crippen molar-refractivity contribution in [1.82, 2.24) is 0 Å². The van der Waals surface area contributed by atoms with Crippen LogP contribution in [0.15, 0.2) is 0 Å². The van der Waals surface area contributed by atoms with Gasteiger partial charge >= 0.3 is 68.7 Å². The van der Waals surface area contributed by atoms with Crippen molar-refractivity contribution in [2.24, 2.45) is 0 Å². The Kier molecular flexibility index (Phi) is 64.5. The molecule has 0 unspecified atom stereocenters. The SMILES string of the molecule is [BaH2].[Ho].[O]=[Cu]. The van der Waals surface area contributed by atoms with Crippen LogP contribution in [0.25, 0.3) is 0 Å². The van der Waals surface area contributed by atoms with Crippen LogP contribution in [0.4, 0.5) is 0 Å². The summed E-state index contributed by atoms with van der Waals surface area (Å²) in [5, 5.41) is 0. The van der Waals surface area contributed by atoms with Crippen LogP contribution in [-0.4, -0.2) is 48.9 Å². The second-order valence-electron chi connectivity index (χ2n) is 0. The third-order valence-electron chi connectivity index (χ3n) is 0. The molecule has 0 saturated heterocycles. The van der Waals surface area contributed by atoms with E-state index in [0.717, 1.165) is 0 Å². The third kappa shape index (κ3) is 8.94. The van der Waals surface area contributed by atoms with Crippen molar-refractivity contribution in [2.45, 2.75) is 0 Å². The Morgan fingerprint density at radius 3 is 1.25 bits per heavy atom. The fraction of sp³-hybridized carbons (Fsp3) is 0. The quantitative estimate of drug-likeness (QED) is 0.489. The summed E-state index contributed by atoms with van der Waals surface area (Å²) in [6.07, 6.45) is 0. The number of hydrogen-bond acceptors (Lipinski definition) is 1. The van der Waals surface area contributed by atoms with Crippen molar-refractivity contribution in [3.8, 4) is 0 Å². The summed E-state index contributed by atoms with van der Waals surface area (Å²) in [6.45, 7) is 0. The Hall–Kier alpha value is 3.15. The molecule has 0 heterocycles. The molecule has 0 fully saturated rings. The molecule has 4 heavy (non-hydrogen) atoms. The second kappa shape index (κ2) is 16.4. The van der Waals surface area contributed by atoms with Crippen LogP contribution in [0.3, 0.4) is 0 Å². The molecule has 0 N–H and O–H groups in total. The molecular formula is H2BaCuHoO. The fourth-order valence-electron chi connectivity index (χ4n) is 0. The zero-order chi connectivity index (χ0) is 2.00. The summed E-state index contributed by atoms with van der Waals surface area (Å²) in [5.41, 5.74) is 0. The van der Waals surface area contributed by atoms with Gasteiger partial charge in [-0.2, -0.15) is 0 Å². The molecule has 1 radical (unpaired) electrons. The van der Waals surface area contributed by atoms with Crippen molar-refractivity contribution in [3.05, 3.63) is 0 Å². The van der Waals surface area contributed by atoms with Crippen LogP contribution < -0.4 is 0 Å². The van der Waals surface area contributed by atoms with Crippen LogP contribution in [0, 0.1) is 37.7 Å².